The van der Waals surface area contributed by atoms with Gasteiger partial charge < -0.3 is 15.2 Å². The second-order valence-corrected chi connectivity index (χ2v) is 5.16. The molecule has 18 heavy (non-hydrogen) atoms. The summed E-state index contributed by atoms with van der Waals surface area (Å²) in [4.78, 5) is 23.9. The standard InChI is InChI=1S/C12H22N2O4/c1-8(2)9-4-10(13-12(17)18-3)6-14(5-9)7-11(15)16/h8-10H,4-7H2,1-3H3,(H,13,17)(H,15,16). The molecule has 0 radical (unpaired) electrons. The molecule has 0 saturated carbocycles. The van der Waals surface area contributed by atoms with E-state index in [0.29, 0.717) is 18.4 Å². The molecule has 1 amide bonds. The number of hydrogen-bond donors (Lipinski definition) is 2. The smallest absolute Gasteiger partial charge is 0.407 e. The number of carbonyl (C=O) groups is 2. The van der Waals surface area contributed by atoms with Gasteiger partial charge in [-0.15, -0.1) is 0 Å². The first-order valence-corrected chi connectivity index (χ1v) is 6.21. The highest BCUT2D eigenvalue weighted by atomic mass is 16.5. The van der Waals surface area contributed by atoms with E-state index in [2.05, 4.69) is 23.9 Å². The Kier molecular flexibility index (Phi) is 5.40. The van der Waals surface area contributed by atoms with E-state index in [9.17, 15) is 9.59 Å². The number of alkyl carbamates (subject to hydrolysis) is 1. The SMILES string of the molecule is COC(=O)NC1CC(C(C)C)CN(CC(=O)O)C1. The van der Waals surface area contributed by atoms with E-state index in [1.165, 1.54) is 7.11 Å². The molecule has 1 heterocycles. The Labute approximate surface area is 107 Å². The van der Waals surface area contributed by atoms with Crippen molar-refractivity contribution in [1.29, 1.82) is 0 Å². The highest BCUT2D eigenvalue weighted by Crippen LogP contribution is 2.23. The van der Waals surface area contributed by atoms with Crippen molar-refractivity contribution in [1.82, 2.24) is 10.2 Å². The van der Waals surface area contributed by atoms with Crippen LogP contribution in [0.25, 0.3) is 0 Å². The fraction of sp³-hybridized carbons (Fsp3) is 0.833. The fourth-order valence-electron chi connectivity index (χ4n) is 2.37. The maximum atomic E-state index is 11.2. The van der Waals surface area contributed by atoms with E-state index < -0.39 is 12.1 Å². The molecule has 6 nitrogen and oxygen atoms in total. The number of hydrogen-bond acceptors (Lipinski definition) is 4. The normalized spacial score (nSPS) is 24.9. The van der Waals surface area contributed by atoms with E-state index >= 15 is 0 Å². The Morgan fingerprint density at radius 2 is 2.11 bits per heavy atom. The van der Waals surface area contributed by atoms with Gasteiger partial charge in [0.15, 0.2) is 0 Å². The number of methoxy groups -OCH3 is 1. The molecule has 0 aromatic rings. The summed E-state index contributed by atoms with van der Waals surface area (Å²) in [5, 5.41) is 11.6. The van der Waals surface area contributed by atoms with Gasteiger partial charge in [0.2, 0.25) is 0 Å². The number of piperidine rings is 1. The monoisotopic (exact) mass is 258 g/mol. The minimum atomic E-state index is -0.837. The topological polar surface area (TPSA) is 78.9 Å². The zero-order valence-corrected chi connectivity index (χ0v) is 11.2. The third-order valence-electron chi connectivity index (χ3n) is 3.37. The second-order valence-electron chi connectivity index (χ2n) is 5.16. The summed E-state index contributed by atoms with van der Waals surface area (Å²) < 4.78 is 4.58. The zero-order valence-electron chi connectivity index (χ0n) is 11.2. The number of amides is 1. The fourth-order valence-corrected chi connectivity index (χ4v) is 2.37. The molecule has 1 rings (SSSR count). The second kappa shape index (κ2) is 6.58. The Morgan fingerprint density at radius 3 is 2.61 bits per heavy atom. The molecule has 1 aliphatic heterocycles. The molecule has 1 aliphatic rings. The summed E-state index contributed by atoms with van der Waals surface area (Å²) in [7, 11) is 1.33. The Bertz CT molecular complexity index is 306. The lowest BCUT2D eigenvalue weighted by Gasteiger charge is -2.38. The molecular formula is C12H22N2O4. The van der Waals surface area contributed by atoms with Crippen molar-refractivity contribution in [3.05, 3.63) is 0 Å². The van der Waals surface area contributed by atoms with Crippen LogP contribution >= 0.6 is 0 Å². The summed E-state index contributed by atoms with van der Waals surface area (Å²) in [6.07, 6.45) is 0.405. The van der Waals surface area contributed by atoms with Crippen LogP contribution in [0.4, 0.5) is 4.79 Å². The molecule has 1 fully saturated rings. The maximum absolute atomic E-state index is 11.2. The Balaban J connectivity index is 2.61. The summed E-state index contributed by atoms with van der Waals surface area (Å²) in [5.41, 5.74) is 0. The van der Waals surface area contributed by atoms with Crippen LogP contribution < -0.4 is 5.32 Å². The van der Waals surface area contributed by atoms with Crippen molar-refractivity contribution < 1.29 is 19.4 Å². The van der Waals surface area contributed by atoms with Crippen LogP contribution in [0.15, 0.2) is 0 Å². The number of carboxylic acid groups (broad SMARTS) is 1. The number of ether oxygens (including phenoxy) is 1. The highest BCUT2D eigenvalue weighted by molar-refractivity contribution is 5.69. The van der Waals surface area contributed by atoms with Crippen LogP contribution in [0.3, 0.4) is 0 Å². The molecule has 2 atom stereocenters. The van der Waals surface area contributed by atoms with Crippen molar-refractivity contribution in [3.63, 3.8) is 0 Å². The van der Waals surface area contributed by atoms with E-state index in [1.54, 1.807) is 0 Å². The molecule has 0 aliphatic carbocycles. The first kappa shape index (κ1) is 14.8. The van der Waals surface area contributed by atoms with Crippen molar-refractivity contribution >= 4 is 12.1 Å². The van der Waals surface area contributed by atoms with Crippen molar-refractivity contribution in [2.45, 2.75) is 26.3 Å². The number of nitrogens with one attached hydrogen (secondary N) is 1. The van der Waals surface area contributed by atoms with Crippen LogP contribution in [-0.2, 0) is 9.53 Å². The summed E-state index contributed by atoms with van der Waals surface area (Å²) in [6.45, 7) is 5.57. The summed E-state index contributed by atoms with van der Waals surface area (Å²) >= 11 is 0. The summed E-state index contributed by atoms with van der Waals surface area (Å²) in [6, 6.07) is -0.0436. The van der Waals surface area contributed by atoms with Gasteiger partial charge in [0, 0.05) is 19.1 Å². The number of likely N-dealkylation sites (tertiary alicyclic amines) is 1. The lowest BCUT2D eigenvalue weighted by molar-refractivity contribution is -0.139. The van der Waals surface area contributed by atoms with Crippen molar-refractivity contribution in [3.8, 4) is 0 Å². The highest BCUT2D eigenvalue weighted by Gasteiger charge is 2.30. The van der Waals surface area contributed by atoms with Crippen LogP contribution in [0.1, 0.15) is 20.3 Å². The number of carboxylic acids is 1. The molecule has 0 aromatic heterocycles. The van der Waals surface area contributed by atoms with E-state index in [-0.39, 0.29) is 12.6 Å². The molecule has 0 spiro atoms. The van der Waals surface area contributed by atoms with Crippen LogP contribution in [0.5, 0.6) is 0 Å². The molecule has 1 saturated heterocycles. The molecule has 2 N–H and O–H groups in total. The summed E-state index contributed by atoms with van der Waals surface area (Å²) in [5.74, 6) is 0.0139. The molecule has 104 valence electrons. The third kappa shape index (κ3) is 4.52. The van der Waals surface area contributed by atoms with Gasteiger partial charge in [0.25, 0.3) is 0 Å². The van der Waals surface area contributed by atoms with Gasteiger partial charge in [-0.3, -0.25) is 9.69 Å². The molecular weight excluding hydrogens is 236 g/mol. The van der Waals surface area contributed by atoms with Crippen molar-refractivity contribution in [2.24, 2.45) is 11.8 Å². The minimum absolute atomic E-state index is 0.0164. The maximum Gasteiger partial charge on any atom is 0.407 e. The van der Waals surface area contributed by atoms with Gasteiger partial charge in [0.05, 0.1) is 13.7 Å². The number of aliphatic carboxylic acids is 1. The first-order valence-electron chi connectivity index (χ1n) is 6.21. The van der Waals surface area contributed by atoms with Gasteiger partial charge in [-0.25, -0.2) is 4.79 Å². The number of rotatable bonds is 4. The third-order valence-corrected chi connectivity index (χ3v) is 3.37. The van der Waals surface area contributed by atoms with Crippen molar-refractivity contribution in [2.75, 3.05) is 26.7 Å². The average molecular weight is 258 g/mol. The Morgan fingerprint density at radius 1 is 1.44 bits per heavy atom. The zero-order chi connectivity index (χ0) is 13.7. The first-order chi connectivity index (χ1) is 8.42. The van der Waals surface area contributed by atoms with Gasteiger partial charge >= 0.3 is 12.1 Å². The average Bonchev–Trinajstić information content (AvgIpc) is 2.27. The Hall–Kier alpha value is -1.30. The molecule has 0 bridgehead atoms. The van der Waals surface area contributed by atoms with E-state index in [1.807, 2.05) is 4.90 Å². The van der Waals surface area contributed by atoms with Crippen LogP contribution in [0.2, 0.25) is 0 Å². The molecule has 2 unspecified atom stereocenters. The van der Waals surface area contributed by atoms with Gasteiger partial charge in [-0.05, 0) is 18.3 Å². The quantitative estimate of drug-likeness (QED) is 0.779. The lowest BCUT2D eigenvalue weighted by Crippen LogP contribution is -2.52. The predicted molar refractivity (Wildman–Crippen MR) is 66.3 cm³/mol. The number of nitrogens with zero attached hydrogens (tertiary/aromatic N) is 1. The predicted octanol–water partition coefficient (Wildman–Crippen LogP) is 0.773. The van der Waals surface area contributed by atoms with Crippen LogP contribution in [0, 0.1) is 11.8 Å². The number of carbonyl (C=O) groups excluding carboxylic acids is 1. The largest absolute Gasteiger partial charge is 0.480 e. The minimum Gasteiger partial charge on any atom is -0.480 e. The van der Waals surface area contributed by atoms with Crippen LogP contribution in [-0.4, -0.2) is 54.9 Å². The van der Waals surface area contributed by atoms with Gasteiger partial charge in [-0.1, -0.05) is 13.8 Å². The van der Waals surface area contributed by atoms with E-state index in [4.69, 9.17) is 5.11 Å². The van der Waals surface area contributed by atoms with E-state index in [0.717, 1.165) is 13.0 Å². The van der Waals surface area contributed by atoms with Gasteiger partial charge in [0.1, 0.15) is 0 Å². The lowest BCUT2D eigenvalue weighted by atomic mass is 9.85. The molecule has 0 aromatic carbocycles. The van der Waals surface area contributed by atoms with Gasteiger partial charge in [-0.2, -0.15) is 0 Å². The molecule has 6 heteroatoms.